The predicted octanol–water partition coefficient (Wildman–Crippen LogP) is 4.54. The summed E-state index contributed by atoms with van der Waals surface area (Å²) in [5, 5.41) is 13.6. The van der Waals surface area contributed by atoms with Crippen molar-refractivity contribution < 1.29 is 18.4 Å². The number of halogens is 3. The average Bonchev–Trinajstić information content (AvgIpc) is 2.90. The van der Waals surface area contributed by atoms with Crippen molar-refractivity contribution in [2.24, 2.45) is 0 Å². The summed E-state index contributed by atoms with van der Waals surface area (Å²) in [6.45, 7) is -0.362. The molecule has 0 radical (unpaired) electrons. The zero-order valence-electron chi connectivity index (χ0n) is 11.2. The van der Waals surface area contributed by atoms with E-state index in [2.05, 4.69) is 21.1 Å². The topological polar surface area (TPSA) is 46.3 Å². The number of aliphatic hydroxyl groups is 1. The second kappa shape index (κ2) is 5.98. The lowest BCUT2D eigenvalue weighted by molar-refractivity contribution is 0.281. The molecule has 0 unspecified atom stereocenters. The van der Waals surface area contributed by atoms with Crippen LogP contribution in [0.4, 0.5) is 8.78 Å². The van der Waals surface area contributed by atoms with Crippen LogP contribution in [0.1, 0.15) is 5.56 Å². The van der Waals surface area contributed by atoms with Gasteiger partial charge in [-0.25, -0.2) is 8.78 Å². The van der Waals surface area contributed by atoms with Crippen molar-refractivity contribution in [1.82, 2.24) is 5.16 Å². The smallest absolute Gasteiger partial charge is 0.173 e. The minimum absolute atomic E-state index is 0.149. The largest absolute Gasteiger partial charge is 0.391 e. The summed E-state index contributed by atoms with van der Waals surface area (Å²) in [5.41, 5.74) is 1.73. The lowest BCUT2D eigenvalue weighted by atomic mass is 10.0. The monoisotopic (exact) mass is 365 g/mol. The maximum absolute atomic E-state index is 13.4. The van der Waals surface area contributed by atoms with Gasteiger partial charge in [0.1, 0.15) is 17.3 Å². The Morgan fingerprint density at radius 3 is 2.41 bits per heavy atom. The van der Waals surface area contributed by atoms with Crippen LogP contribution in [0.15, 0.2) is 51.5 Å². The van der Waals surface area contributed by atoms with E-state index >= 15 is 0 Å². The van der Waals surface area contributed by atoms with Crippen LogP contribution >= 0.6 is 15.9 Å². The number of hydrogen-bond acceptors (Lipinski definition) is 3. The second-order valence-electron chi connectivity index (χ2n) is 4.67. The molecule has 3 aromatic rings. The van der Waals surface area contributed by atoms with E-state index in [0.717, 1.165) is 28.2 Å². The lowest BCUT2D eigenvalue weighted by Crippen LogP contribution is -1.90. The van der Waals surface area contributed by atoms with E-state index in [1.165, 1.54) is 0 Å². The minimum atomic E-state index is -0.723. The fourth-order valence-corrected chi connectivity index (χ4v) is 2.63. The maximum atomic E-state index is 13.4. The molecule has 1 heterocycles. The first-order valence-electron chi connectivity index (χ1n) is 6.40. The number of aromatic nitrogens is 1. The van der Waals surface area contributed by atoms with Crippen molar-refractivity contribution in [3.63, 3.8) is 0 Å². The van der Waals surface area contributed by atoms with Gasteiger partial charge >= 0.3 is 0 Å². The summed E-state index contributed by atoms with van der Waals surface area (Å²) in [6, 6.07) is 10.3. The van der Waals surface area contributed by atoms with Gasteiger partial charge in [0.2, 0.25) is 0 Å². The Balaban J connectivity index is 2.15. The average molecular weight is 366 g/mol. The van der Waals surface area contributed by atoms with Crippen molar-refractivity contribution in [3.8, 4) is 22.6 Å². The van der Waals surface area contributed by atoms with Crippen LogP contribution in [-0.4, -0.2) is 10.3 Å². The van der Waals surface area contributed by atoms with Gasteiger partial charge in [-0.15, -0.1) is 0 Å². The van der Waals surface area contributed by atoms with Crippen molar-refractivity contribution in [1.29, 1.82) is 0 Å². The highest BCUT2D eigenvalue weighted by atomic mass is 79.9. The molecule has 0 aliphatic carbocycles. The molecule has 0 aliphatic rings. The fraction of sp³-hybridized carbons (Fsp3) is 0.0625. The van der Waals surface area contributed by atoms with Gasteiger partial charge < -0.3 is 9.63 Å². The molecule has 0 atom stereocenters. The molecule has 1 aromatic heterocycles. The van der Waals surface area contributed by atoms with Gasteiger partial charge in [-0.2, -0.15) is 0 Å². The van der Waals surface area contributed by atoms with E-state index < -0.39 is 11.6 Å². The molecule has 0 bridgehead atoms. The quantitative estimate of drug-likeness (QED) is 0.740. The predicted molar refractivity (Wildman–Crippen MR) is 80.9 cm³/mol. The van der Waals surface area contributed by atoms with Crippen LogP contribution in [0.2, 0.25) is 0 Å². The van der Waals surface area contributed by atoms with Crippen LogP contribution in [-0.2, 0) is 6.61 Å². The van der Waals surface area contributed by atoms with Gasteiger partial charge in [-0.3, -0.25) is 0 Å². The van der Waals surface area contributed by atoms with Crippen molar-refractivity contribution in [3.05, 3.63) is 64.1 Å². The van der Waals surface area contributed by atoms with Crippen LogP contribution in [0.25, 0.3) is 22.6 Å². The van der Waals surface area contributed by atoms with E-state index in [1.54, 1.807) is 6.07 Å². The third-order valence-corrected chi connectivity index (χ3v) is 3.66. The summed E-state index contributed by atoms with van der Waals surface area (Å²) in [5.74, 6) is -1.30. The molecule has 112 valence electrons. The normalized spacial score (nSPS) is 10.9. The molecule has 3 rings (SSSR count). The van der Waals surface area contributed by atoms with E-state index in [-0.39, 0.29) is 17.9 Å². The fourth-order valence-electron chi connectivity index (χ4n) is 2.23. The summed E-state index contributed by atoms with van der Waals surface area (Å²) in [7, 11) is 0. The number of benzene rings is 2. The van der Waals surface area contributed by atoms with Gasteiger partial charge in [0.05, 0.1) is 12.2 Å². The highest BCUT2D eigenvalue weighted by molar-refractivity contribution is 9.10. The standard InChI is InChI=1S/C16H10BrF2NO2/c17-11-3-1-2-9(4-11)15-14(8-21)16(22-20-15)10-5-12(18)7-13(19)6-10/h1-7,21H,8H2. The number of nitrogens with zero attached hydrogens (tertiary/aromatic N) is 1. The Hall–Kier alpha value is -2.05. The highest BCUT2D eigenvalue weighted by Gasteiger charge is 2.19. The molecular weight excluding hydrogens is 356 g/mol. The summed E-state index contributed by atoms with van der Waals surface area (Å²) in [4.78, 5) is 0. The summed E-state index contributed by atoms with van der Waals surface area (Å²) < 4.78 is 32.8. The Labute approximate surface area is 133 Å². The molecule has 3 nitrogen and oxygen atoms in total. The van der Waals surface area contributed by atoms with E-state index in [0.29, 0.717) is 11.3 Å². The van der Waals surface area contributed by atoms with Crippen LogP contribution in [0.3, 0.4) is 0 Å². The molecule has 0 amide bonds. The molecule has 0 spiro atoms. The van der Waals surface area contributed by atoms with E-state index in [9.17, 15) is 13.9 Å². The number of aliphatic hydroxyl groups excluding tert-OH is 1. The number of hydrogen-bond donors (Lipinski definition) is 1. The van der Waals surface area contributed by atoms with E-state index in [4.69, 9.17) is 4.52 Å². The molecular formula is C16H10BrF2NO2. The van der Waals surface area contributed by atoms with Gasteiger partial charge in [0, 0.05) is 21.7 Å². The molecule has 0 fully saturated rings. The van der Waals surface area contributed by atoms with Crippen molar-refractivity contribution in [2.75, 3.05) is 0 Å². The third kappa shape index (κ3) is 2.80. The Morgan fingerprint density at radius 1 is 1.05 bits per heavy atom. The minimum Gasteiger partial charge on any atom is -0.391 e. The van der Waals surface area contributed by atoms with Gasteiger partial charge in [0.15, 0.2) is 5.76 Å². The van der Waals surface area contributed by atoms with E-state index in [1.807, 2.05) is 18.2 Å². The number of rotatable bonds is 3. The van der Waals surface area contributed by atoms with Crippen LogP contribution < -0.4 is 0 Å². The third-order valence-electron chi connectivity index (χ3n) is 3.17. The molecule has 22 heavy (non-hydrogen) atoms. The molecule has 6 heteroatoms. The first-order chi connectivity index (χ1) is 10.6. The first-order valence-corrected chi connectivity index (χ1v) is 7.19. The zero-order valence-corrected chi connectivity index (χ0v) is 12.8. The molecule has 1 N–H and O–H groups in total. The Bertz CT molecular complexity index is 813. The van der Waals surface area contributed by atoms with Gasteiger partial charge in [-0.1, -0.05) is 33.2 Å². The zero-order chi connectivity index (χ0) is 15.7. The van der Waals surface area contributed by atoms with Crippen molar-refractivity contribution >= 4 is 15.9 Å². The first kappa shape index (κ1) is 14.9. The summed E-state index contributed by atoms with van der Waals surface area (Å²) >= 11 is 3.36. The highest BCUT2D eigenvalue weighted by Crippen LogP contribution is 2.33. The SMILES string of the molecule is OCc1c(-c2cccc(Br)c2)noc1-c1cc(F)cc(F)c1. The van der Waals surface area contributed by atoms with Crippen LogP contribution in [0, 0.1) is 11.6 Å². The Kier molecular flexibility index (Phi) is 4.04. The molecule has 0 saturated heterocycles. The van der Waals surface area contributed by atoms with Gasteiger partial charge in [0.25, 0.3) is 0 Å². The summed E-state index contributed by atoms with van der Waals surface area (Å²) in [6.07, 6.45) is 0. The molecule has 2 aromatic carbocycles. The second-order valence-corrected chi connectivity index (χ2v) is 5.58. The van der Waals surface area contributed by atoms with Crippen molar-refractivity contribution in [2.45, 2.75) is 6.61 Å². The molecule has 0 aliphatic heterocycles. The lowest BCUT2D eigenvalue weighted by Gasteiger charge is -2.02. The van der Waals surface area contributed by atoms with Crippen LogP contribution in [0.5, 0.6) is 0 Å². The van der Waals surface area contributed by atoms with Gasteiger partial charge in [-0.05, 0) is 24.3 Å². The Morgan fingerprint density at radius 2 is 1.77 bits per heavy atom. The maximum Gasteiger partial charge on any atom is 0.173 e. The molecule has 0 saturated carbocycles.